The van der Waals surface area contributed by atoms with Crippen LogP contribution in [0.15, 0.2) is 28.7 Å². The molecule has 0 saturated carbocycles. The number of likely N-dealkylation sites (N-methyl/N-ethyl adjacent to an activating group) is 2. The second-order valence-electron chi connectivity index (χ2n) is 5.59. The highest BCUT2D eigenvalue weighted by Crippen LogP contribution is 2.29. The molecule has 1 aromatic carbocycles. The van der Waals surface area contributed by atoms with E-state index in [-0.39, 0.29) is 11.9 Å². The number of aliphatic hydroxyl groups is 1. The van der Waals surface area contributed by atoms with Crippen LogP contribution in [-0.4, -0.2) is 54.7 Å². The predicted octanol–water partition coefficient (Wildman–Crippen LogP) is 1.85. The number of aliphatic hydroxyl groups excluding tert-OH is 1. The van der Waals surface area contributed by atoms with Gasteiger partial charge in [0, 0.05) is 25.0 Å². The molecule has 2 aromatic rings. The highest BCUT2D eigenvalue weighted by Gasteiger charge is 2.31. The number of rotatable bonds is 2. The molecule has 1 N–H and O–H groups in total. The summed E-state index contributed by atoms with van der Waals surface area (Å²) in [5.41, 5.74) is 0.604. The molecule has 1 fully saturated rings. The van der Waals surface area contributed by atoms with Crippen molar-refractivity contribution in [3.63, 3.8) is 0 Å². The summed E-state index contributed by atoms with van der Waals surface area (Å²) in [6.45, 7) is 2.68. The SMILES string of the molecule is CN1CCN(C)C(C(O)c2cc3cc(F)ccc3o2)C1. The maximum absolute atomic E-state index is 13.2. The van der Waals surface area contributed by atoms with E-state index in [1.54, 1.807) is 12.1 Å². The zero-order chi connectivity index (χ0) is 14.3. The molecule has 4 nitrogen and oxygen atoms in total. The predicted molar refractivity (Wildman–Crippen MR) is 75.0 cm³/mol. The molecule has 0 amide bonds. The quantitative estimate of drug-likeness (QED) is 0.910. The normalized spacial score (nSPS) is 23.3. The molecule has 0 aliphatic carbocycles. The van der Waals surface area contributed by atoms with E-state index in [0.29, 0.717) is 16.7 Å². The molecule has 2 heterocycles. The molecule has 2 atom stereocenters. The molecule has 1 saturated heterocycles. The van der Waals surface area contributed by atoms with Gasteiger partial charge in [-0.15, -0.1) is 0 Å². The van der Waals surface area contributed by atoms with Crippen molar-refractivity contribution >= 4 is 11.0 Å². The van der Waals surface area contributed by atoms with Crippen LogP contribution in [0.1, 0.15) is 11.9 Å². The molecular formula is C15H19FN2O2. The lowest BCUT2D eigenvalue weighted by atomic mass is 10.0. The van der Waals surface area contributed by atoms with Gasteiger partial charge >= 0.3 is 0 Å². The van der Waals surface area contributed by atoms with E-state index in [1.165, 1.54) is 12.1 Å². The number of nitrogens with zero attached hydrogens (tertiary/aromatic N) is 2. The van der Waals surface area contributed by atoms with Crippen molar-refractivity contribution in [3.8, 4) is 0 Å². The van der Waals surface area contributed by atoms with Crippen molar-refractivity contribution in [2.75, 3.05) is 33.7 Å². The highest BCUT2D eigenvalue weighted by molar-refractivity contribution is 5.78. The first-order valence-electron chi connectivity index (χ1n) is 6.80. The molecule has 1 aliphatic rings. The van der Waals surface area contributed by atoms with Crippen LogP contribution >= 0.6 is 0 Å². The first-order chi connectivity index (χ1) is 9.54. The van der Waals surface area contributed by atoms with E-state index >= 15 is 0 Å². The van der Waals surface area contributed by atoms with Gasteiger partial charge in [0.2, 0.25) is 0 Å². The molecule has 2 unspecified atom stereocenters. The molecule has 0 radical (unpaired) electrons. The lowest BCUT2D eigenvalue weighted by molar-refractivity contribution is 0.00408. The summed E-state index contributed by atoms with van der Waals surface area (Å²) in [5, 5.41) is 11.2. The summed E-state index contributed by atoms with van der Waals surface area (Å²) < 4.78 is 18.9. The molecule has 5 heteroatoms. The zero-order valence-corrected chi connectivity index (χ0v) is 11.7. The van der Waals surface area contributed by atoms with Crippen molar-refractivity contribution in [1.82, 2.24) is 9.80 Å². The second-order valence-corrected chi connectivity index (χ2v) is 5.59. The Balaban J connectivity index is 1.89. The number of fused-ring (bicyclic) bond motifs is 1. The fourth-order valence-corrected chi connectivity index (χ4v) is 2.76. The summed E-state index contributed by atoms with van der Waals surface area (Å²) in [7, 11) is 4.05. The Morgan fingerprint density at radius 3 is 2.90 bits per heavy atom. The van der Waals surface area contributed by atoms with Crippen LogP contribution in [0, 0.1) is 5.82 Å². The van der Waals surface area contributed by atoms with Gasteiger partial charge in [-0.3, -0.25) is 4.90 Å². The Hall–Kier alpha value is -1.43. The molecule has 3 rings (SSSR count). The Kier molecular flexibility index (Phi) is 3.50. The number of hydrogen-bond acceptors (Lipinski definition) is 4. The summed E-state index contributed by atoms with van der Waals surface area (Å²) in [6, 6.07) is 6.09. The third-order valence-electron chi connectivity index (χ3n) is 4.05. The molecule has 20 heavy (non-hydrogen) atoms. The van der Waals surface area contributed by atoms with Gasteiger partial charge in [-0.1, -0.05) is 0 Å². The van der Waals surface area contributed by atoms with Crippen LogP contribution in [0.2, 0.25) is 0 Å². The van der Waals surface area contributed by atoms with Crippen LogP contribution in [0.5, 0.6) is 0 Å². The Morgan fingerprint density at radius 2 is 2.10 bits per heavy atom. The van der Waals surface area contributed by atoms with E-state index in [9.17, 15) is 9.50 Å². The third kappa shape index (κ3) is 2.44. The average Bonchev–Trinajstić information content (AvgIpc) is 2.83. The minimum atomic E-state index is -0.710. The van der Waals surface area contributed by atoms with Crippen LogP contribution in [0.3, 0.4) is 0 Å². The van der Waals surface area contributed by atoms with Crippen molar-refractivity contribution in [2.24, 2.45) is 0 Å². The standard InChI is InChI=1S/C15H19FN2O2/c1-17-5-6-18(2)12(9-17)15(19)14-8-10-7-11(16)3-4-13(10)20-14/h3-4,7-8,12,15,19H,5-6,9H2,1-2H3. The summed E-state index contributed by atoms with van der Waals surface area (Å²) in [6.07, 6.45) is -0.710. The fourth-order valence-electron chi connectivity index (χ4n) is 2.76. The van der Waals surface area contributed by atoms with Crippen LogP contribution < -0.4 is 0 Å². The summed E-state index contributed by atoms with van der Waals surface area (Å²) >= 11 is 0. The highest BCUT2D eigenvalue weighted by atomic mass is 19.1. The summed E-state index contributed by atoms with van der Waals surface area (Å²) in [5.74, 6) is 0.201. The Bertz CT molecular complexity index is 613. The Labute approximate surface area is 117 Å². The number of halogens is 1. The number of furan rings is 1. The van der Waals surface area contributed by atoms with Gasteiger partial charge < -0.3 is 14.4 Å². The molecular weight excluding hydrogens is 259 g/mol. The van der Waals surface area contributed by atoms with E-state index < -0.39 is 6.10 Å². The maximum Gasteiger partial charge on any atom is 0.135 e. The van der Waals surface area contributed by atoms with Gasteiger partial charge in [-0.25, -0.2) is 4.39 Å². The Morgan fingerprint density at radius 1 is 1.30 bits per heavy atom. The first kappa shape index (κ1) is 13.5. The largest absolute Gasteiger partial charge is 0.458 e. The number of benzene rings is 1. The van der Waals surface area contributed by atoms with Gasteiger partial charge in [0.1, 0.15) is 23.3 Å². The maximum atomic E-state index is 13.2. The van der Waals surface area contributed by atoms with E-state index in [4.69, 9.17) is 4.42 Å². The molecule has 108 valence electrons. The van der Waals surface area contributed by atoms with Gasteiger partial charge in [0.15, 0.2) is 0 Å². The monoisotopic (exact) mass is 278 g/mol. The van der Waals surface area contributed by atoms with Gasteiger partial charge in [-0.2, -0.15) is 0 Å². The lowest BCUT2D eigenvalue weighted by Gasteiger charge is -2.39. The fraction of sp³-hybridized carbons (Fsp3) is 0.467. The van der Waals surface area contributed by atoms with E-state index in [2.05, 4.69) is 9.80 Å². The molecule has 1 aliphatic heterocycles. The van der Waals surface area contributed by atoms with Gasteiger partial charge in [0.05, 0.1) is 6.04 Å². The van der Waals surface area contributed by atoms with Crippen LogP contribution in [0.4, 0.5) is 4.39 Å². The minimum Gasteiger partial charge on any atom is -0.458 e. The average molecular weight is 278 g/mol. The van der Waals surface area contributed by atoms with Gasteiger partial charge in [0.25, 0.3) is 0 Å². The lowest BCUT2D eigenvalue weighted by Crippen LogP contribution is -2.52. The smallest absolute Gasteiger partial charge is 0.135 e. The van der Waals surface area contributed by atoms with Crippen molar-refractivity contribution < 1.29 is 13.9 Å². The topological polar surface area (TPSA) is 39.9 Å². The first-order valence-corrected chi connectivity index (χ1v) is 6.80. The minimum absolute atomic E-state index is 0.0147. The summed E-state index contributed by atoms with van der Waals surface area (Å²) in [4.78, 5) is 4.33. The van der Waals surface area contributed by atoms with E-state index in [1.807, 2.05) is 14.1 Å². The number of hydrogen-bond donors (Lipinski definition) is 1. The van der Waals surface area contributed by atoms with E-state index in [0.717, 1.165) is 19.6 Å². The third-order valence-corrected chi connectivity index (χ3v) is 4.05. The molecule has 0 spiro atoms. The second kappa shape index (κ2) is 5.16. The van der Waals surface area contributed by atoms with Crippen molar-refractivity contribution in [3.05, 3.63) is 35.8 Å². The van der Waals surface area contributed by atoms with Crippen LogP contribution in [-0.2, 0) is 0 Å². The van der Waals surface area contributed by atoms with Crippen LogP contribution in [0.25, 0.3) is 11.0 Å². The van der Waals surface area contributed by atoms with Crippen molar-refractivity contribution in [1.29, 1.82) is 0 Å². The molecule has 0 bridgehead atoms. The number of piperazine rings is 1. The zero-order valence-electron chi connectivity index (χ0n) is 11.7. The van der Waals surface area contributed by atoms with Gasteiger partial charge in [-0.05, 0) is 38.4 Å². The van der Waals surface area contributed by atoms with Crippen molar-refractivity contribution in [2.45, 2.75) is 12.1 Å². The molecule has 1 aromatic heterocycles.